The standard InChI is InChI=1S/C71H110N22O18/c1-37(2)27-47(85-65(105)54-18-10-24-91(54)67(107)46(20-21-56(74)96)84-64(104)53-17-11-25-92(53)68(108)49(30-40-33-78-36-81-40)87-58(98)42(73)34-94)61(101)82-44(15-7-8-22-72)60(100)90-52(35-95)63(103)83-45(16-9-23-79-71(76)77)59(99)88-50(31-57(75)97)69(109)93-26-12-19-55(93)66(106)86-48(28-38(3)4)62(102)89-51(70(110)111)29-39-32-80-43-14-6-5-13-41(39)43/h5-6,13-14,32-33,36-38,42,44-55,80,94-95H,7-12,15-31,34-35,72-73H2,1-4H3,(H2,74,96)(H2,75,97)(H,78,81)(H,82,101)(H,83,103)(H,84,104)(H,85,105)(H,86,106)(H,87,98)(H,88,99)(H,89,102)(H,90,100)(H,110,111)(H4,76,77,79)/t42-,44-,45-,46-,47-,48-,49-,50-,51-,52-,53-,54-,55-/m0/s1. The zero-order valence-electron chi connectivity index (χ0n) is 63.0. The van der Waals surface area contributed by atoms with Crippen LogP contribution in [-0.2, 0) is 84.8 Å². The highest BCUT2D eigenvalue weighted by Crippen LogP contribution is 2.26. The van der Waals surface area contributed by atoms with E-state index < -0.39 is 193 Å². The number of para-hydroxylation sites is 1. The summed E-state index contributed by atoms with van der Waals surface area (Å²) in [5, 5.41) is 54.4. The van der Waals surface area contributed by atoms with Crippen molar-refractivity contribution in [2.45, 2.75) is 222 Å². The number of aliphatic imine (C=N–C) groups is 1. The van der Waals surface area contributed by atoms with E-state index >= 15 is 0 Å². The van der Waals surface area contributed by atoms with Crippen LogP contribution in [0.2, 0.25) is 0 Å². The van der Waals surface area contributed by atoms with Crippen molar-refractivity contribution >= 4 is 106 Å². The number of rotatable bonds is 45. The minimum Gasteiger partial charge on any atom is -0.480 e. The first-order valence-electron chi connectivity index (χ1n) is 37.4. The Kier molecular flexibility index (Phi) is 34.9. The number of hydrogen-bond donors (Lipinski definition) is 20. The monoisotopic (exact) mass is 1560 g/mol. The van der Waals surface area contributed by atoms with Crippen molar-refractivity contribution < 1.29 is 87.2 Å². The van der Waals surface area contributed by atoms with E-state index in [0.29, 0.717) is 24.1 Å². The Hall–Kier alpha value is -10.9. The smallest absolute Gasteiger partial charge is 0.326 e. The van der Waals surface area contributed by atoms with Crippen LogP contribution in [0.25, 0.3) is 10.9 Å². The van der Waals surface area contributed by atoms with Crippen molar-refractivity contribution in [3.05, 3.63) is 54.2 Å². The number of carbonyl (C=O) groups is 15. The number of fused-ring (bicyclic) bond motifs is 1. The molecule has 3 aromatic rings. The van der Waals surface area contributed by atoms with E-state index in [0.717, 1.165) is 15.8 Å². The van der Waals surface area contributed by atoms with Gasteiger partial charge in [0.15, 0.2) is 5.96 Å². The molecule has 0 aliphatic carbocycles. The Labute approximate surface area is 641 Å². The third-order valence-electron chi connectivity index (χ3n) is 19.3. The molecule has 0 bridgehead atoms. The Bertz CT molecular complexity index is 3770. The van der Waals surface area contributed by atoms with Gasteiger partial charge in [-0.1, -0.05) is 45.9 Å². The van der Waals surface area contributed by atoms with Crippen LogP contribution in [0, 0.1) is 11.8 Å². The van der Waals surface area contributed by atoms with Gasteiger partial charge < -0.3 is 122 Å². The van der Waals surface area contributed by atoms with Crippen molar-refractivity contribution in [3.63, 3.8) is 0 Å². The quantitative estimate of drug-likeness (QED) is 0.0142. The third-order valence-corrected chi connectivity index (χ3v) is 19.3. The highest BCUT2D eigenvalue weighted by molar-refractivity contribution is 6.01. The third kappa shape index (κ3) is 26.7. The molecule has 0 saturated carbocycles. The van der Waals surface area contributed by atoms with Crippen molar-refractivity contribution in [2.75, 3.05) is 45.9 Å². The molecule has 1 aromatic carbocycles. The molecule has 3 saturated heterocycles. The lowest BCUT2D eigenvalue weighted by atomic mass is 10.0. The second-order valence-electron chi connectivity index (χ2n) is 28.9. The summed E-state index contributed by atoms with van der Waals surface area (Å²) < 4.78 is 0. The molecule has 0 spiro atoms. The van der Waals surface area contributed by atoms with Gasteiger partial charge in [0.2, 0.25) is 82.7 Å². The molecule has 2 aromatic heterocycles. The fourth-order valence-electron chi connectivity index (χ4n) is 13.7. The first kappa shape index (κ1) is 89.0. The molecule has 5 heterocycles. The van der Waals surface area contributed by atoms with E-state index in [1.165, 1.54) is 22.3 Å². The summed E-state index contributed by atoms with van der Waals surface area (Å²) in [6, 6.07) is -11.4. The van der Waals surface area contributed by atoms with E-state index in [-0.39, 0.29) is 140 Å². The predicted molar refractivity (Wildman–Crippen MR) is 400 cm³/mol. The number of benzene rings is 1. The van der Waals surface area contributed by atoms with Crippen LogP contribution in [0.15, 0.2) is 48.0 Å². The molecule has 111 heavy (non-hydrogen) atoms. The summed E-state index contributed by atoms with van der Waals surface area (Å²) in [5.41, 5.74) is 35.7. The summed E-state index contributed by atoms with van der Waals surface area (Å²) in [6.07, 6.45) is 4.05. The molecule has 13 atom stereocenters. The molecule has 40 heteroatoms. The number of H-pyrrole nitrogens is 2. The zero-order valence-corrected chi connectivity index (χ0v) is 63.0. The number of aromatic nitrogens is 3. The molecule has 3 aliphatic heterocycles. The molecule has 3 fully saturated rings. The van der Waals surface area contributed by atoms with Gasteiger partial charge in [0.05, 0.1) is 26.0 Å². The van der Waals surface area contributed by atoms with E-state index in [9.17, 15) is 87.2 Å². The van der Waals surface area contributed by atoms with Gasteiger partial charge in [-0.25, -0.2) is 9.78 Å². The highest BCUT2D eigenvalue weighted by atomic mass is 16.4. The van der Waals surface area contributed by atoms with Crippen LogP contribution < -0.4 is 82.3 Å². The number of aliphatic hydroxyl groups is 2. The molecule has 6 rings (SSSR count). The van der Waals surface area contributed by atoms with Crippen molar-refractivity contribution in [1.82, 2.24) is 77.5 Å². The first-order valence-corrected chi connectivity index (χ1v) is 37.4. The summed E-state index contributed by atoms with van der Waals surface area (Å²) >= 11 is 0. The molecule has 14 amide bonds. The minimum absolute atomic E-state index is 0.0107. The number of nitrogens with one attached hydrogen (secondary N) is 11. The second-order valence-corrected chi connectivity index (χ2v) is 28.9. The molecule has 0 unspecified atom stereocenters. The fraction of sp³-hybridized carbons (Fsp3) is 0.620. The lowest BCUT2D eigenvalue weighted by Crippen LogP contribution is -2.61. The Morgan fingerprint density at radius 2 is 1.00 bits per heavy atom. The number of aliphatic carboxylic acids is 1. The number of imidazole rings is 1. The first-order chi connectivity index (χ1) is 52.7. The Morgan fingerprint density at radius 1 is 0.532 bits per heavy atom. The number of aromatic amines is 2. The number of carboxylic acid groups (broad SMARTS) is 1. The van der Waals surface area contributed by atoms with Crippen LogP contribution in [0.1, 0.15) is 142 Å². The fourth-order valence-corrected chi connectivity index (χ4v) is 13.7. The minimum atomic E-state index is -1.85. The number of carboxylic acids is 1. The van der Waals surface area contributed by atoms with Gasteiger partial charge in [-0.2, -0.15) is 0 Å². The van der Waals surface area contributed by atoms with Gasteiger partial charge in [-0.15, -0.1) is 0 Å². The van der Waals surface area contributed by atoms with Crippen molar-refractivity contribution in [3.8, 4) is 0 Å². The van der Waals surface area contributed by atoms with Crippen LogP contribution in [-0.4, -0.2) is 264 Å². The van der Waals surface area contributed by atoms with E-state index in [2.05, 4.69) is 67.8 Å². The van der Waals surface area contributed by atoms with E-state index in [1.807, 2.05) is 6.07 Å². The maximum Gasteiger partial charge on any atom is 0.326 e. The van der Waals surface area contributed by atoms with Gasteiger partial charge in [-0.3, -0.25) is 72.1 Å². The number of nitrogens with zero attached hydrogens (tertiary/aromatic N) is 5. The van der Waals surface area contributed by atoms with E-state index in [4.69, 9.17) is 34.4 Å². The Morgan fingerprint density at radius 3 is 1.48 bits per heavy atom. The van der Waals surface area contributed by atoms with Crippen LogP contribution >= 0.6 is 0 Å². The average Bonchev–Trinajstić information content (AvgIpc) is 1.73. The largest absolute Gasteiger partial charge is 0.480 e. The number of guanidine groups is 1. The zero-order chi connectivity index (χ0) is 81.8. The lowest BCUT2D eigenvalue weighted by Gasteiger charge is -2.32. The highest BCUT2D eigenvalue weighted by Gasteiger charge is 2.45. The topological polar surface area (TPSA) is 648 Å². The van der Waals surface area contributed by atoms with Crippen LogP contribution in [0.5, 0.6) is 0 Å². The number of likely N-dealkylation sites (tertiary alicyclic amines) is 3. The van der Waals surface area contributed by atoms with Gasteiger partial charge >= 0.3 is 5.97 Å². The summed E-state index contributed by atoms with van der Waals surface area (Å²) in [7, 11) is 0. The molecule has 3 aliphatic rings. The summed E-state index contributed by atoms with van der Waals surface area (Å²) in [6.45, 7) is 5.30. The second kappa shape index (κ2) is 43.5. The van der Waals surface area contributed by atoms with E-state index in [1.54, 1.807) is 52.1 Å². The predicted octanol–water partition coefficient (Wildman–Crippen LogP) is -6.18. The van der Waals surface area contributed by atoms with Gasteiger partial charge in [-0.05, 0) is 120 Å². The lowest BCUT2D eigenvalue weighted by molar-refractivity contribution is -0.145. The van der Waals surface area contributed by atoms with Crippen LogP contribution in [0.4, 0.5) is 0 Å². The molecular weight excluding hydrogens is 1450 g/mol. The molecular formula is C71H110N22O18. The molecule has 0 radical (unpaired) electrons. The number of nitrogens with two attached hydrogens (primary N) is 6. The average molecular weight is 1560 g/mol. The number of carbonyl (C=O) groups excluding carboxylic acids is 14. The van der Waals surface area contributed by atoms with Gasteiger partial charge in [0.1, 0.15) is 78.5 Å². The number of unbranched alkanes of at least 4 members (excludes halogenated alkanes) is 1. The normalized spacial score (nSPS) is 18.2. The van der Waals surface area contributed by atoms with Gasteiger partial charge in [0, 0.05) is 74.4 Å². The SMILES string of the molecule is CC(C)C[C@H](NC(=O)[C@@H]1CCCN1C(=O)[C@H](CC(N)=O)NC(=O)[C@H](CCCN=C(N)N)NC(=O)[C@H](CO)NC(=O)[C@H](CCCCN)NC(=O)[C@H](CC(C)C)NC(=O)[C@@H]1CCCN1C(=O)[C@H](CCC(N)=O)NC(=O)[C@@H]1CCCN1C(=O)[C@H](Cc1cnc[nH]1)NC(=O)[C@@H](N)CO)C(=O)N[C@@H](Cc1c[nH]c2ccccc12)C(=O)O. The van der Waals surface area contributed by atoms with Crippen molar-refractivity contribution in [2.24, 2.45) is 51.2 Å². The summed E-state index contributed by atoms with van der Waals surface area (Å²) in [5.74, 6) is -14.6. The summed E-state index contributed by atoms with van der Waals surface area (Å²) in [4.78, 5) is 226. The molecule has 612 valence electrons. The maximum absolute atomic E-state index is 14.7. The van der Waals surface area contributed by atoms with Crippen molar-refractivity contribution in [1.29, 1.82) is 0 Å². The number of aliphatic hydroxyl groups excluding tert-OH is 2. The van der Waals surface area contributed by atoms with Gasteiger partial charge in [0.25, 0.3) is 0 Å². The number of primary amides is 2. The molecule has 40 nitrogen and oxygen atoms in total. The number of amides is 14. The Balaban J connectivity index is 1.14. The molecule has 26 N–H and O–H groups in total. The number of hydrogen-bond acceptors (Lipinski definition) is 21. The van der Waals surface area contributed by atoms with Crippen LogP contribution in [0.3, 0.4) is 0 Å². The maximum atomic E-state index is 14.7.